The largest absolute Gasteiger partial charge is 0.493 e. The Labute approximate surface area is 220 Å². The van der Waals surface area contributed by atoms with E-state index in [1.54, 1.807) is 36.4 Å². The number of hydrogen-bond acceptors (Lipinski definition) is 5. The second kappa shape index (κ2) is 12.7. The number of carbonyl (C=O) groups is 2. The SMILES string of the molecule is C=CCc1cc(C(=O)CCc2nc(-c3ccc(Cl)cc3Cl)oc2C(C)C)ccc1OCCCC(=O)O. The Kier molecular flexibility index (Phi) is 9.73. The van der Waals surface area contributed by atoms with Crippen LogP contribution in [0.25, 0.3) is 11.5 Å². The third kappa shape index (κ3) is 7.21. The summed E-state index contributed by atoms with van der Waals surface area (Å²) in [7, 11) is 0. The lowest BCUT2D eigenvalue weighted by Gasteiger charge is -2.12. The number of ether oxygens (including phenoxy) is 1. The van der Waals surface area contributed by atoms with Gasteiger partial charge in [-0.1, -0.05) is 43.1 Å². The van der Waals surface area contributed by atoms with Gasteiger partial charge >= 0.3 is 5.97 Å². The number of Topliss-reactive ketones (excluding diaryl/α,β-unsaturated/α-hetero) is 1. The fourth-order valence-corrected chi connectivity index (χ4v) is 4.25. The molecule has 0 saturated heterocycles. The zero-order chi connectivity index (χ0) is 26.2. The summed E-state index contributed by atoms with van der Waals surface area (Å²) < 4.78 is 11.8. The predicted octanol–water partition coefficient (Wildman–Crippen LogP) is 7.56. The van der Waals surface area contributed by atoms with E-state index >= 15 is 0 Å². The van der Waals surface area contributed by atoms with Gasteiger partial charge in [-0.2, -0.15) is 0 Å². The van der Waals surface area contributed by atoms with E-state index in [9.17, 15) is 9.59 Å². The maximum absolute atomic E-state index is 13.0. The van der Waals surface area contributed by atoms with E-state index in [1.807, 2.05) is 19.9 Å². The van der Waals surface area contributed by atoms with Crippen LogP contribution >= 0.6 is 23.2 Å². The van der Waals surface area contributed by atoms with Crippen LogP contribution in [0.1, 0.15) is 66.4 Å². The summed E-state index contributed by atoms with van der Waals surface area (Å²) in [6, 6.07) is 10.4. The van der Waals surface area contributed by atoms with Gasteiger partial charge in [-0.15, -0.1) is 6.58 Å². The Hall–Kier alpha value is -3.09. The summed E-state index contributed by atoms with van der Waals surface area (Å²) in [4.78, 5) is 28.4. The number of carbonyl (C=O) groups excluding carboxylic acids is 1. The van der Waals surface area contributed by atoms with Crippen molar-refractivity contribution in [2.75, 3.05) is 6.61 Å². The average Bonchev–Trinajstić information content (AvgIpc) is 3.25. The van der Waals surface area contributed by atoms with Crippen LogP contribution in [0.3, 0.4) is 0 Å². The second-order valence-electron chi connectivity index (χ2n) is 8.69. The van der Waals surface area contributed by atoms with E-state index in [1.165, 1.54) is 0 Å². The lowest BCUT2D eigenvalue weighted by atomic mass is 9.99. The maximum atomic E-state index is 13.0. The van der Waals surface area contributed by atoms with Crippen molar-refractivity contribution in [3.05, 3.63) is 81.7 Å². The molecule has 1 aromatic heterocycles. The van der Waals surface area contributed by atoms with Crippen LogP contribution < -0.4 is 4.74 Å². The lowest BCUT2D eigenvalue weighted by molar-refractivity contribution is -0.137. The van der Waals surface area contributed by atoms with Crippen LogP contribution in [-0.2, 0) is 17.6 Å². The molecule has 36 heavy (non-hydrogen) atoms. The van der Waals surface area contributed by atoms with Gasteiger partial charge in [0.1, 0.15) is 11.5 Å². The third-order valence-corrected chi connectivity index (χ3v) is 6.09. The van der Waals surface area contributed by atoms with Gasteiger partial charge in [0.25, 0.3) is 0 Å². The minimum atomic E-state index is -0.859. The topological polar surface area (TPSA) is 89.6 Å². The molecule has 3 rings (SSSR count). The molecule has 0 amide bonds. The minimum absolute atomic E-state index is 0.0264. The van der Waals surface area contributed by atoms with Crippen LogP contribution in [0, 0.1) is 0 Å². The first-order chi connectivity index (χ1) is 17.2. The number of aliphatic carboxylic acids is 1. The minimum Gasteiger partial charge on any atom is -0.493 e. The normalized spacial score (nSPS) is 11.0. The highest BCUT2D eigenvalue weighted by Gasteiger charge is 2.20. The average molecular weight is 530 g/mol. The number of halogens is 2. The summed E-state index contributed by atoms with van der Waals surface area (Å²) in [5.41, 5.74) is 2.77. The summed E-state index contributed by atoms with van der Waals surface area (Å²) in [6.45, 7) is 8.08. The third-order valence-electron chi connectivity index (χ3n) is 5.54. The van der Waals surface area contributed by atoms with Crippen molar-refractivity contribution < 1.29 is 23.8 Å². The molecule has 1 heterocycles. The van der Waals surface area contributed by atoms with E-state index in [0.717, 1.165) is 17.0 Å². The molecule has 2 aromatic carbocycles. The summed E-state index contributed by atoms with van der Waals surface area (Å²) >= 11 is 12.3. The highest BCUT2D eigenvalue weighted by Crippen LogP contribution is 2.33. The van der Waals surface area contributed by atoms with Crippen LogP contribution in [-0.4, -0.2) is 28.4 Å². The number of oxazole rings is 1. The Balaban J connectivity index is 1.74. The van der Waals surface area contributed by atoms with Gasteiger partial charge in [-0.3, -0.25) is 9.59 Å². The maximum Gasteiger partial charge on any atom is 0.303 e. The second-order valence-corrected chi connectivity index (χ2v) is 9.54. The van der Waals surface area contributed by atoms with Crippen LogP contribution in [0.4, 0.5) is 0 Å². The van der Waals surface area contributed by atoms with E-state index in [-0.39, 0.29) is 31.1 Å². The van der Waals surface area contributed by atoms with E-state index in [2.05, 4.69) is 11.6 Å². The zero-order valence-electron chi connectivity index (χ0n) is 20.4. The van der Waals surface area contributed by atoms with Gasteiger partial charge in [0.05, 0.1) is 22.9 Å². The molecule has 0 radical (unpaired) electrons. The standard InChI is InChI=1S/C28H29Cl2NO5/c1-4-6-19-15-18(8-13-25(19)35-14-5-7-26(33)34)24(32)12-11-23-27(17(2)3)36-28(31-23)21-10-9-20(29)16-22(21)30/h4,8-10,13,15-17H,1,5-7,11-12,14H2,2-3H3,(H,33,34). The Morgan fingerprint density at radius 3 is 2.61 bits per heavy atom. The first-order valence-electron chi connectivity index (χ1n) is 11.8. The molecular weight excluding hydrogens is 501 g/mol. The predicted molar refractivity (Wildman–Crippen MR) is 141 cm³/mol. The quantitative estimate of drug-likeness (QED) is 0.139. The Morgan fingerprint density at radius 2 is 1.94 bits per heavy atom. The number of hydrogen-bond donors (Lipinski definition) is 1. The molecule has 0 atom stereocenters. The number of benzene rings is 2. The van der Waals surface area contributed by atoms with Crippen LogP contribution in [0.5, 0.6) is 5.75 Å². The molecule has 1 N–H and O–H groups in total. The fourth-order valence-electron chi connectivity index (χ4n) is 3.76. The Morgan fingerprint density at radius 1 is 1.17 bits per heavy atom. The Bertz CT molecular complexity index is 1250. The molecule has 0 aliphatic heterocycles. The van der Waals surface area contributed by atoms with Crippen molar-refractivity contribution in [2.45, 2.75) is 51.9 Å². The number of ketones is 1. The smallest absolute Gasteiger partial charge is 0.303 e. The molecule has 0 aliphatic rings. The molecule has 0 saturated carbocycles. The first kappa shape index (κ1) is 27.5. The molecule has 3 aromatic rings. The van der Waals surface area contributed by atoms with Gasteiger partial charge in [-0.25, -0.2) is 4.98 Å². The lowest BCUT2D eigenvalue weighted by Crippen LogP contribution is -2.06. The molecule has 0 unspecified atom stereocenters. The van der Waals surface area contributed by atoms with Crippen molar-refractivity contribution in [3.63, 3.8) is 0 Å². The highest BCUT2D eigenvalue weighted by atomic mass is 35.5. The van der Waals surface area contributed by atoms with Crippen molar-refractivity contribution in [2.24, 2.45) is 0 Å². The van der Waals surface area contributed by atoms with Crippen LogP contribution in [0.15, 0.2) is 53.5 Å². The van der Waals surface area contributed by atoms with Gasteiger partial charge in [-0.05, 0) is 54.8 Å². The summed E-state index contributed by atoms with van der Waals surface area (Å²) in [6.07, 6.45) is 3.39. The van der Waals surface area contributed by atoms with E-state index in [4.69, 9.17) is 37.5 Å². The molecule has 0 spiro atoms. The number of nitrogens with zero attached hydrogens (tertiary/aromatic N) is 1. The number of rotatable bonds is 13. The summed E-state index contributed by atoms with van der Waals surface area (Å²) in [5, 5.41) is 9.75. The molecular formula is C28H29Cl2NO5. The van der Waals surface area contributed by atoms with E-state index in [0.29, 0.717) is 52.1 Å². The van der Waals surface area contributed by atoms with Crippen molar-refractivity contribution in [1.82, 2.24) is 4.98 Å². The fraction of sp³-hybridized carbons (Fsp3) is 0.321. The number of aryl methyl sites for hydroxylation is 1. The van der Waals surface area contributed by atoms with E-state index < -0.39 is 5.97 Å². The summed E-state index contributed by atoms with van der Waals surface area (Å²) in [5.74, 6) is 0.948. The van der Waals surface area contributed by atoms with Gasteiger partial charge in [0.2, 0.25) is 5.89 Å². The van der Waals surface area contributed by atoms with Gasteiger partial charge in [0, 0.05) is 35.8 Å². The number of carboxylic acids is 1. The van der Waals surface area contributed by atoms with Crippen LogP contribution in [0.2, 0.25) is 10.0 Å². The number of allylic oxidation sites excluding steroid dienone is 1. The molecule has 190 valence electrons. The zero-order valence-corrected chi connectivity index (χ0v) is 21.9. The van der Waals surface area contributed by atoms with Crippen molar-refractivity contribution in [3.8, 4) is 17.2 Å². The molecule has 0 bridgehead atoms. The number of carboxylic acid groups (broad SMARTS) is 1. The molecule has 0 fully saturated rings. The highest BCUT2D eigenvalue weighted by molar-refractivity contribution is 6.36. The van der Waals surface area contributed by atoms with Gasteiger partial charge < -0.3 is 14.3 Å². The molecule has 8 heteroatoms. The van der Waals surface area contributed by atoms with Gasteiger partial charge in [0.15, 0.2) is 5.78 Å². The monoisotopic (exact) mass is 529 g/mol. The van der Waals surface area contributed by atoms with Crippen molar-refractivity contribution in [1.29, 1.82) is 0 Å². The first-order valence-corrected chi connectivity index (χ1v) is 12.5. The molecule has 0 aliphatic carbocycles. The number of aromatic nitrogens is 1. The molecule has 6 nitrogen and oxygen atoms in total. The van der Waals surface area contributed by atoms with Crippen molar-refractivity contribution >= 4 is 35.0 Å².